The first-order chi connectivity index (χ1) is 19.7. The summed E-state index contributed by atoms with van der Waals surface area (Å²) in [6, 6.07) is 13.0. The van der Waals surface area contributed by atoms with Gasteiger partial charge < -0.3 is 24.4 Å². The fourth-order valence-corrected chi connectivity index (χ4v) is 5.84. The number of hydrogen-bond acceptors (Lipinski definition) is 7. The van der Waals surface area contributed by atoms with Gasteiger partial charge in [-0.25, -0.2) is 4.79 Å². The Morgan fingerprint density at radius 1 is 1.05 bits per heavy atom. The van der Waals surface area contributed by atoms with E-state index in [1.807, 2.05) is 12.1 Å². The highest BCUT2D eigenvalue weighted by Gasteiger charge is 2.29. The van der Waals surface area contributed by atoms with E-state index in [9.17, 15) is 9.59 Å². The van der Waals surface area contributed by atoms with Crippen molar-refractivity contribution in [2.75, 3.05) is 33.4 Å². The summed E-state index contributed by atoms with van der Waals surface area (Å²) in [5, 5.41) is 13.9. The van der Waals surface area contributed by atoms with E-state index in [2.05, 4.69) is 36.1 Å². The van der Waals surface area contributed by atoms with Crippen LogP contribution in [0.1, 0.15) is 68.2 Å². The van der Waals surface area contributed by atoms with Gasteiger partial charge in [0, 0.05) is 38.4 Å². The summed E-state index contributed by atoms with van der Waals surface area (Å²) in [5.41, 5.74) is 3.81. The highest BCUT2D eigenvalue weighted by atomic mass is 16.6. The molecule has 10 nitrogen and oxygen atoms in total. The summed E-state index contributed by atoms with van der Waals surface area (Å²) in [6.07, 6.45) is 5.02. The van der Waals surface area contributed by atoms with Crippen molar-refractivity contribution in [3.05, 3.63) is 53.1 Å². The van der Waals surface area contributed by atoms with Crippen LogP contribution in [0.5, 0.6) is 17.2 Å². The zero-order valence-electron chi connectivity index (χ0n) is 23.8. The highest BCUT2D eigenvalue weighted by Crippen LogP contribution is 2.35. The lowest BCUT2D eigenvalue weighted by Crippen LogP contribution is -2.33. The molecule has 10 heteroatoms. The van der Waals surface area contributed by atoms with Gasteiger partial charge in [0.25, 0.3) is 0 Å². The van der Waals surface area contributed by atoms with E-state index in [1.165, 1.54) is 47.3 Å². The second kappa shape index (κ2) is 14.2. The molecule has 1 saturated carbocycles. The molecular formula is C31H40N2O8. The van der Waals surface area contributed by atoms with E-state index in [-0.39, 0.29) is 31.0 Å². The quantitative estimate of drug-likeness (QED) is 0.355. The van der Waals surface area contributed by atoms with Crippen LogP contribution >= 0.6 is 0 Å². The van der Waals surface area contributed by atoms with Gasteiger partial charge in [0.1, 0.15) is 12.4 Å². The topological polar surface area (TPSA) is 126 Å². The molecule has 0 radical (unpaired) electrons. The minimum Gasteiger partial charge on any atom is -0.493 e. The Kier molecular flexibility index (Phi) is 10.5. The number of ether oxygens (including phenoxy) is 3. The lowest BCUT2D eigenvalue weighted by atomic mass is 9.99. The Morgan fingerprint density at radius 2 is 1.76 bits per heavy atom. The molecule has 0 aromatic heterocycles. The van der Waals surface area contributed by atoms with E-state index in [1.54, 1.807) is 7.11 Å². The average Bonchev–Trinajstić information content (AvgIpc) is 3.71. The number of fused-ring (bicyclic) bond motifs is 1. The van der Waals surface area contributed by atoms with Gasteiger partial charge in [0.15, 0.2) is 11.5 Å². The Hall–Kier alpha value is -3.79. The SMILES string of the molecule is COc1cc(CN(CC2CCCC2)[C@@H](C)c2ccc3c(c2)CCO3)ccc1OCCN1C(=O)CCC1=O.O=C(O)O. The van der Waals surface area contributed by atoms with Crippen LogP contribution in [-0.4, -0.2) is 71.4 Å². The number of imide groups is 1. The fourth-order valence-electron chi connectivity index (χ4n) is 5.84. The molecule has 1 aliphatic carbocycles. The smallest absolute Gasteiger partial charge is 0.493 e. The number of carbonyl (C=O) groups excluding carboxylic acids is 2. The summed E-state index contributed by atoms with van der Waals surface area (Å²) >= 11 is 0. The van der Waals surface area contributed by atoms with E-state index in [0.29, 0.717) is 24.3 Å². The summed E-state index contributed by atoms with van der Waals surface area (Å²) in [6.45, 7) is 5.49. The third-order valence-corrected chi connectivity index (χ3v) is 8.05. The molecule has 2 aliphatic heterocycles. The van der Waals surface area contributed by atoms with Crippen LogP contribution in [-0.2, 0) is 22.6 Å². The third-order valence-electron chi connectivity index (χ3n) is 8.05. The maximum absolute atomic E-state index is 11.8. The van der Waals surface area contributed by atoms with Crippen molar-refractivity contribution in [2.45, 2.75) is 64.5 Å². The monoisotopic (exact) mass is 568 g/mol. The molecule has 0 unspecified atom stereocenters. The Labute approximate surface area is 240 Å². The molecular weight excluding hydrogens is 528 g/mol. The Bertz CT molecular complexity index is 1210. The standard InChI is InChI=1S/C30H38N2O5.CH2O3/c1-21(24-8-10-26-25(18-24)13-15-36-26)31(19-22-5-3-4-6-22)20-23-7-9-27(28(17-23)35-2)37-16-14-32-29(33)11-12-30(32)34;2-1(3)4/h7-10,17-18,21-22H,3-6,11-16,19-20H2,1-2H3;(H2,2,3,4)/t21-;/m0./s1. The normalized spacial score (nSPS) is 17.2. The molecule has 1 saturated heterocycles. The van der Waals surface area contributed by atoms with Gasteiger partial charge in [-0.15, -0.1) is 0 Å². The first-order valence-electron chi connectivity index (χ1n) is 14.3. The van der Waals surface area contributed by atoms with Crippen molar-refractivity contribution >= 4 is 18.0 Å². The minimum absolute atomic E-state index is 0.122. The minimum atomic E-state index is -1.83. The number of nitrogens with zero attached hydrogens (tertiary/aromatic N) is 2. The van der Waals surface area contributed by atoms with Crippen LogP contribution in [0.3, 0.4) is 0 Å². The van der Waals surface area contributed by atoms with E-state index in [0.717, 1.165) is 37.8 Å². The van der Waals surface area contributed by atoms with Crippen molar-refractivity contribution in [1.82, 2.24) is 9.80 Å². The molecule has 0 bridgehead atoms. The fraction of sp³-hybridized carbons (Fsp3) is 0.516. The van der Waals surface area contributed by atoms with Crippen LogP contribution in [0, 0.1) is 5.92 Å². The average molecular weight is 569 g/mol. The second-order valence-corrected chi connectivity index (χ2v) is 10.8. The molecule has 41 heavy (non-hydrogen) atoms. The summed E-state index contributed by atoms with van der Waals surface area (Å²) in [4.78, 5) is 36.1. The lowest BCUT2D eigenvalue weighted by Gasteiger charge is -2.32. The van der Waals surface area contributed by atoms with E-state index >= 15 is 0 Å². The second-order valence-electron chi connectivity index (χ2n) is 10.8. The number of likely N-dealkylation sites (tertiary alicyclic amines) is 1. The molecule has 2 aromatic carbocycles. The van der Waals surface area contributed by atoms with Crippen molar-refractivity contribution in [2.24, 2.45) is 5.92 Å². The van der Waals surface area contributed by atoms with Gasteiger partial charge in [0.05, 0.1) is 20.3 Å². The number of amides is 2. The summed E-state index contributed by atoms with van der Waals surface area (Å²) in [5.74, 6) is 2.81. The van der Waals surface area contributed by atoms with Crippen molar-refractivity contribution < 1.29 is 38.8 Å². The molecule has 0 spiro atoms. The Balaban J connectivity index is 0.000000909. The van der Waals surface area contributed by atoms with Crippen molar-refractivity contribution in [3.8, 4) is 17.2 Å². The third kappa shape index (κ3) is 8.13. The van der Waals surface area contributed by atoms with Crippen molar-refractivity contribution in [3.63, 3.8) is 0 Å². The maximum Gasteiger partial charge on any atom is 0.503 e. The number of rotatable bonds is 11. The number of benzene rings is 2. The first-order valence-corrected chi connectivity index (χ1v) is 14.3. The Morgan fingerprint density at radius 3 is 2.44 bits per heavy atom. The van der Waals surface area contributed by atoms with Crippen LogP contribution in [0.15, 0.2) is 36.4 Å². The number of carbonyl (C=O) groups is 3. The van der Waals surface area contributed by atoms with Crippen LogP contribution < -0.4 is 14.2 Å². The maximum atomic E-state index is 11.8. The molecule has 222 valence electrons. The van der Waals surface area contributed by atoms with Crippen LogP contribution in [0.2, 0.25) is 0 Å². The zero-order chi connectivity index (χ0) is 29.4. The first kappa shape index (κ1) is 30.2. The van der Waals surface area contributed by atoms with E-state index < -0.39 is 6.16 Å². The molecule has 2 N–H and O–H groups in total. The van der Waals surface area contributed by atoms with Gasteiger partial charge >= 0.3 is 6.16 Å². The van der Waals surface area contributed by atoms with Gasteiger partial charge in [-0.1, -0.05) is 31.0 Å². The predicted molar refractivity (Wildman–Crippen MR) is 152 cm³/mol. The van der Waals surface area contributed by atoms with Gasteiger partial charge in [0.2, 0.25) is 11.8 Å². The largest absolute Gasteiger partial charge is 0.503 e. The molecule has 2 amide bonds. The number of carboxylic acid groups (broad SMARTS) is 2. The van der Waals surface area contributed by atoms with Gasteiger partial charge in [-0.3, -0.25) is 19.4 Å². The van der Waals surface area contributed by atoms with Gasteiger partial charge in [-0.2, -0.15) is 0 Å². The van der Waals surface area contributed by atoms with Crippen LogP contribution in [0.4, 0.5) is 4.79 Å². The molecule has 3 aliphatic rings. The molecule has 5 rings (SSSR count). The molecule has 2 fully saturated rings. The lowest BCUT2D eigenvalue weighted by molar-refractivity contribution is -0.138. The molecule has 2 heterocycles. The zero-order valence-corrected chi connectivity index (χ0v) is 23.8. The van der Waals surface area contributed by atoms with Crippen LogP contribution in [0.25, 0.3) is 0 Å². The number of methoxy groups -OCH3 is 1. The summed E-state index contributed by atoms with van der Waals surface area (Å²) in [7, 11) is 1.64. The number of hydrogen-bond donors (Lipinski definition) is 2. The molecule has 1 atom stereocenters. The highest BCUT2D eigenvalue weighted by molar-refractivity contribution is 6.01. The summed E-state index contributed by atoms with van der Waals surface area (Å²) < 4.78 is 17.3. The van der Waals surface area contributed by atoms with Crippen molar-refractivity contribution in [1.29, 1.82) is 0 Å². The van der Waals surface area contributed by atoms with E-state index in [4.69, 9.17) is 29.2 Å². The van der Waals surface area contributed by atoms with Gasteiger partial charge in [-0.05, 0) is 60.6 Å². The predicted octanol–water partition coefficient (Wildman–Crippen LogP) is 5.13. The molecule has 2 aromatic rings.